The highest BCUT2D eigenvalue weighted by atomic mass is 16.6. The van der Waals surface area contributed by atoms with Gasteiger partial charge in [0.2, 0.25) is 0 Å². The van der Waals surface area contributed by atoms with Gasteiger partial charge in [0.1, 0.15) is 19.2 Å². The Balaban J connectivity index is 0.000000921. The SMILES string of the molecule is CNC1CC1.[B]C(O)(c1cccc(C(=O)N2CCCC2)[n+]1OC)N1CC(n2ncc3c2C(C)N(C)c2c(NC(=C/C(N)=NC(=O)C4CC4)/C(N)=C\O)cccc2-3)C1. The molecule has 17 heteroatoms. The summed E-state index contributed by atoms with van der Waals surface area (Å²) in [6, 6.07) is 11.5. The van der Waals surface area contributed by atoms with Crippen LogP contribution in [0.3, 0.4) is 0 Å². The highest BCUT2D eigenvalue weighted by molar-refractivity contribution is 6.14. The Morgan fingerprint density at radius 2 is 1.79 bits per heavy atom. The number of para-hydroxylation sites is 1. The van der Waals surface area contributed by atoms with Crippen LogP contribution in [0.5, 0.6) is 0 Å². The smallest absolute Gasteiger partial charge is 0.323 e. The molecule has 2 amide bonds. The lowest BCUT2D eigenvalue weighted by molar-refractivity contribution is -0.895. The number of amides is 2. The standard InChI is InChI=1S/C36H43BN10O5.C4H9N/c1-21-32-25(24-8-6-9-27(33(24)43(21)2)41-28(26(38)20-48)16-31(39)42-34(49)22-12-13-22)17-40-46(32)23-18-45(19-23)36(37,51)30-11-7-10-29(47(30)52-3)35(50)44-14-4-5-15-44;1-5-4-2-3-4/h6-11,16-17,20-23,38,51H,4-5,12-15,18-19H2,1-3H3,(H4,39,41,42,49,50);4-5H,2-3H2,1H3/p+1. The third-order valence-electron chi connectivity index (χ3n) is 11.5. The summed E-state index contributed by atoms with van der Waals surface area (Å²) in [7, 11) is 12.1. The number of aromatic nitrogens is 3. The summed E-state index contributed by atoms with van der Waals surface area (Å²) < 4.78 is 3.32. The van der Waals surface area contributed by atoms with Crippen molar-refractivity contribution in [3.05, 3.63) is 83.4 Å². The molecule has 8 N–H and O–H groups in total. The third-order valence-corrected chi connectivity index (χ3v) is 11.5. The first kappa shape index (κ1) is 39.8. The molecule has 1 aromatic carbocycles. The van der Waals surface area contributed by atoms with Crippen LogP contribution in [0.2, 0.25) is 0 Å². The average Bonchev–Trinajstić information content (AvgIpc) is 4.12. The van der Waals surface area contributed by atoms with Gasteiger partial charge in [-0.25, -0.2) is 0 Å². The number of anilines is 2. The van der Waals surface area contributed by atoms with E-state index in [1.165, 1.54) is 30.8 Å². The van der Waals surface area contributed by atoms with Crippen molar-refractivity contribution < 1.29 is 29.4 Å². The van der Waals surface area contributed by atoms with E-state index in [2.05, 4.69) is 27.4 Å². The molecular formula is C40H53BN11O5+. The van der Waals surface area contributed by atoms with Gasteiger partial charge in [-0.15, -0.1) is 0 Å². The predicted octanol–water partition coefficient (Wildman–Crippen LogP) is 1.79. The fraction of sp³-hybridized carbons (Fsp3) is 0.475. The van der Waals surface area contributed by atoms with Gasteiger partial charge in [-0.2, -0.15) is 10.1 Å². The van der Waals surface area contributed by atoms with E-state index in [1.807, 2.05) is 43.2 Å². The Morgan fingerprint density at radius 1 is 1.09 bits per heavy atom. The number of carbonyl (C=O) groups is 2. The normalized spacial score (nSPS) is 21.1. The quantitative estimate of drug-likeness (QED) is 0.0412. The summed E-state index contributed by atoms with van der Waals surface area (Å²) in [4.78, 5) is 40.8. The first-order valence-corrected chi connectivity index (χ1v) is 19.6. The van der Waals surface area contributed by atoms with E-state index in [1.54, 1.807) is 28.0 Å². The van der Waals surface area contributed by atoms with Crippen LogP contribution in [0.4, 0.5) is 11.4 Å². The largest absolute Gasteiger partial charge is 0.513 e. The maximum atomic E-state index is 13.3. The number of amidine groups is 1. The van der Waals surface area contributed by atoms with Gasteiger partial charge >= 0.3 is 11.6 Å². The zero-order chi connectivity index (χ0) is 40.6. The van der Waals surface area contributed by atoms with Crippen molar-refractivity contribution in [1.82, 2.24) is 24.9 Å². The van der Waals surface area contributed by atoms with E-state index in [0.717, 1.165) is 60.5 Å². The molecule has 57 heavy (non-hydrogen) atoms. The Bertz CT molecular complexity index is 2100. The fourth-order valence-corrected chi connectivity index (χ4v) is 7.67. The highest BCUT2D eigenvalue weighted by Crippen LogP contribution is 2.49. The van der Waals surface area contributed by atoms with Crippen molar-refractivity contribution in [2.45, 2.75) is 69.2 Å². The van der Waals surface area contributed by atoms with Crippen LogP contribution in [0.15, 0.2) is 71.3 Å². The number of pyridine rings is 1. The number of hydrogen-bond donors (Lipinski definition) is 6. The molecule has 2 atom stereocenters. The van der Waals surface area contributed by atoms with Crippen LogP contribution in [-0.4, -0.2) is 109 Å². The zero-order valence-corrected chi connectivity index (χ0v) is 33.1. The van der Waals surface area contributed by atoms with Gasteiger partial charge in [-0.3, -0.25) is 24.0 Å². The number of fused-ring (bicyclic) bond motifs is 3. The molecular weight excluding hydrogens is 725 g/mol. The van der Waals surface area contributed by atoms with Gasteiger partial charge in [-0.05, 0) is 64.6 Å². The Hall–Kier alpha value is -5.39. The van der Waals surface area contributed by atoms with E-state index in [0.29, 0.717) is 37.6 Å². The number of carbonyl (C=O) groups excluding carboxylic acids is 2. The molecule has 2 aliphatic carbocycles. The van der Waals surface area contributed by atoms with Crippen molar-refractivity contribution in [2.24, 2.45) is 22.4 Å². The molecule has 4 fully saturated rings. The molecule has 300 valence electrons. The first-order valence-electron chi connectivity index (χ1n) is 19.6. The molecule has 2 saturated heterocycles. The van der Waals surface area contributed by atoms with E-state index >= 15 is 0 Å². The maximum absolute atomic E-state index is 13.3. The molecule has 2 saturated carbocycles. The summed E-state index contributed by atoms with van der Waals surface area (Å²) in [6.45, 7) is 4.24. The van der Waals surface area contributed by atoms with Gasteiger partial charge in [-0.1, -0.05) is 12.1 Å². The fourth-order valence-electron chi connectivity index (χ4n) is 7.67. The topological polar surface area (TPSA) is 204 Å². The summed E-state index contributed by atoms with van der Waals surface area (Å²) in [5.74, 6) is -0.533. The van der Waals surface area contributed by atoms with Crippen LogP contribution in [0, 0.1) is 5.92 Å². The third kappa shape index (κ3) is 7.96. The highest BCUT2D eigenvalue weighted by Gasteiger charge is 2.49. The second-order valence-corrected chi connectivity index (χ2v) is 15.4. The van der Waals surface area contributed by atoms with Crippen LogP contribution in [0.25, 0.3) is 11.1 Å². The zero-order valence-electron chi connectivity index (χ0n) is 33.1. The Kier molecular flexibility index (Phi) is 11.3. The number of nitrogens with one attached hydrogen (secondary N) is 2. The molecule has 3 aliphatic heterocycles. The van der Waals surface area contributed by atoms with Crippen molar-refractivity contribution in [1.29, 1.82) is 0 Å². The number of likely N-dealkylation sites (tertiary alicyclic amines) is 2. The van der Waals surface area contributed by atoms with E-state index in [-0.39, 0.29) is 52.7 Å². The molecule has 16 nitrogen and oxygen atoms in total. The van der Waals surface area contributed by atoms with Gasteiger partial charge in [0.25, 0.3) is 11.6 Å². The number of aliphatic hydroxyl groups excluding tert-OH is 1. The molecule has 0 spiro atoms. The predicted molar refractivity (Wildman–Crippen MR) is 217 cm³/mol. The van der Waals surface area contributed by atoms with Gasteiger partial charge in [0.15, 0.2) is 13.5 Å². The van der Waals surface area contributed by atoms with Crippen molar-refractivity contribution in [3.8, 4) is 11.1 Å². The van der Waals surface area contributed by atoms with Crippen molar-refractivity contribution in [2.75, 3.05) is 57.6 Å². The maximum Gasteiger partial charge on any atom is 0.323 e. The molecule has 8 rings (SSSR count). The molecule has 2 aromatic heterocycles. The monoisotopic (exact) mass is 778 g/mol. The molecule has 5 aliphatic rings. The van der Waals surface area contributed by atoms with Crippen LogP contribution in [0.1, 0.15) is 79.4 Å². The minimum Gasteiger partial charge on any atom is -0.513 e. The number of rotatable bonds is 11. The van der Waals surface area contributed by atoms with Gasteiger partial charge in [0, 0.05) is 79.3 Å². The Labute approximate surface area is 334 Å². The number of hydrogen-bond acceptors (Lipinski definition) is 11. The van der Waals surface area contributed by atoms with Crippen LogP contribution < -0.4 is 36.6 Å². The summed E-state index contributed by atoms with van der Waals surface area (Å²) in [6.07, 6.45) is 10.4. The molecule has 0 bridgehead atoms. The van der Waals surface area contributed by atoms with E-state index in [9.17, 15) is 19.8 Å². The lowest BCUT2D eigenvalue weighted by Crippen LogP contribution is -2.65. The number of benzene rings is 1. The second kappa shape index (κ2) is 16.2. The minimum absolute atomic E-state index is 0.0153. The lowest BCUT2D eigenvalue weighted by Gasteiger charge is -2.47. The molecule has 5 heterocycles. The summed E-state index contributed by atoms with van der Waals surface area (Å²) in [5.41, 5.74) is 15.6. The molecule has 2 radical (unpaired) electrons. The van der Waals surface area contributed by atoms with Crippen molar-refractivity contribution >= 4 is 36.9 Å². The molecule has 2 unspecified atom stereocenters. The van der Waals surface area contributed by atoms with E-state index in [4.69, 9.17) is 29.2 Å². The minimum atomic E-state index is -1.92. The summed E-state index contributed by atoms with van der Waals surface area (Å²) >= 11 is 0. The summed E-state index contributed by atoms with van der Waals surface area (Å²) in [5, 5.41) is 32.8. The lowest BCUT2D eigenvalue weighted by atomic mass is 9.82. The van der Waals surface area contributed by atoms with Gasteiger partial charge < -0.3 is 42.1 Å². The van der Waals surface area contributed by atoms with E-state index < -0.39 is 5.62 Å². The van der Waals surface area contributed by atoms with Gasteiger partial charge in [0.05, 0.1) is 46.7 Å². The second-order valence-electron chi connectivity index (χ2n) is 15.4. The average molecular weight is 779 g/mol. The number of aliphatic imine (C=N–C) groups is 1. The molecule has 3 aromatic rings. The number of nitrogens with zero attached hydrogens (tertiary/aromatic N) is 7. The van der Waals surface area contributed by atoms with Crippen molar-refractivity contribution in [3.63, 3.8) is 0 Å². The first-order chi connectivity index (χ1) is 27.4. The Morgan fingerprint density at radius 3 is 2.40 bits per heavy atom. The van der Waals surface area contributed by atoms with Crippen LogP contribution >= 0.6 is 0 Å². The number of aliphatic hydroxyl groups is 2. The van der Waals surface area contributed by atoms with Crippen LogP contribution in [-0.2, 0) is 10.4 Å². The number of nitrogens with two attached hydrogens (primary N) is 2.